The summed E-state index contributed by atoms with van der Waals surface area (Å²) in [7, 11) is 0. The minimum atomic E-state index is -1.94. The number of alkyl halides is 4. The Kier molecular flexibility index (Phi) is 3.57. The second-order valence-corrected chi connectivity index (χ2v) is 7.51. The minimum Gasteiger partial charge on any atom is -0.481 e. The largest absolute Gasteiger partial charge is 0.481 e. The van der Waals surface area contributed by atoms with E-state index in [1.165, 1.54) is 0 Å². The van der Waals surface area contributed by atoms with E-state index in [0.717, 1.165) is 0 Å². The van der Waals surface area contributed by atoms with Gasteiger partial charge < -0.3 is 10.2 Å². The maximum atomic E-state index is 11.4. The van der Waals surface area contributed by atoms with Crippen molar-refractivity contribution in [1.82, 2.24) is 0 Å². The third-order valence-electron chi connectivity index (χ3n) is 3.55. The van der Waals surface area contributed by atoms with Crippen LogP contribution in [-0.2, 0) is 4.79 Å². The summed E-state index contributed by atoms with van der Waals surface area (Å²) in [6.07, 6.45) is 0. The Labute approximate surface area is 133 Å². The zero-order valence-corrected chi connectivity index (χ0v) is 13.0. The number of hydrogen-bond donors (Lipinski definition) is 2. The first kappa shape index (κ1) is 15.3. The smallest absolute Gasteiger partial charge is 0.309 e. The number of allylic oxidation sites excluding steroid dienone is 2. The van der Waals surface area contributed by atoms with Crippen molar-refractivity contribution in [2.75, 3.05) is 6.61 Å². The maximum Gasteiger partial charge on any atom is 0.309 e. The molecule has 2 rings (SSSR count). The minimum absolute atomic E-state index is 0.123. The molecule has 0 aliphatic heterocycles. The van der Waals surface area contributed by atoms with Gasteiger partial charge in [-0.25, -0.2) is 0 Å². The van der Waals surface area contributed by atoms with Crippen molar-refractivity contribution in [1.29, 1.82) is 0 Å². The van der Waals surface area contributed by atoms with Gasteiger partial charge in [-0.2, -0.15) is 0 Å². The number of rotatable bonds is 2. The first-order valence-corrected chi connectivity index (χ1v) is 7.00. The molecule has 0 aromatic heterocycles. The van der Waals surface area contributed by atoms with E-state index in [1.54, 1.807) is 0 Å². The van der Waals surface area contributed by atoms with Crippen LogP contribution in [0.4, 0.5) is 0 Å². The number of aliphatic hydroxyl groups is 1. The summed E-state index contributed by atoms with van der Waals surface area (Å²) in [5.41, 5.74) is 0. The van der Waals surface area contributed by atoms with Gasteiger partial charge in [0.1, 0.15) is 9.75 Å². The molecule has 3 nitrogen and oxygen atoms in total. The van der Waals surface area contributed by atoms with Crippen molar-refractivity contribution in [3.8, 4) is 0 Å². The quantitative estimate of drug-likeness (QED) is 0.730. The van der Waals surface area contributed by atoms with Crippen LogP contribution in [0.1, 0.15) is 0 Å². The summed E-state index contributed by atoms with van der Waals surface area (Å²) < 4.78 is -1.94. The van der Waals surface area contributed by atoms with E-state index < -0.39 is 38.5 Å². The molecular weight excluding hydrogens is 369 g/mol. The molecule has 2 unspecified atom stereocenters. The number of hydrogen-bond acceptors (Lipinski definition) is 2. The highest BCUT2D eigenvalue weighted by Gasteiger charge is 2.83. The van der Waals surface area contributed by atoms with Crippen LogP contribution < -0.4 is 0 Å². The second-order valence-electron chi connectivity index (χ2n) is 4.23. The van der Waals surface area contributed by atoms with Gasteiger partial charge in [-0.05, 0) is 0 Å². The first-order chi connectivity index (χ1) is 8.08. The lowest BCUT2D eigenvalue weighted by atomic mass is 9.82. The molecular formula is C9H6Cl6O3. The Bertz CT molecular complexity index is 463. The molecule has 1 fully saturated rings. The van der Waals surface area contributed by atoms with Crippen LogP contribution >= 0.6 is 69.6 Å². The Hall–Kier alpha value is 0.910. The zero-order chi connectivity index (χ0) is 14.1. The van der Waals surface area contributed by atoms with Gasteiger partial charge >= 0.3 is 5.97 Å². The number of fused-ring (bicyclic) bond motifs is 2. The van der Waals surface area contributed by atoms with Crippen molar-refractivity contribution in [2.45, 2.75) is 14.1 Å². The van der Waals surface area contributed by atoms with Gasteiger partial charge in [0, 0.05) is 12.5 Å². The van der Waals surface area contributed by atoms with E-state index in [4.69, 9.17) is 69.6 Å². The van der Waals surface area contributed by atoms with Crippen LogP contribution in [0.5, 0.6) is 0 Å². The number of aliphatic carboxylic acids is 1. The number of carboxylic acid groups (broad SMARTS) is 1. The molecule has 2 aliphatic rings. The van der Waals surface area contributed by atoms with E-state index in [-0.39, 0.29) is 10.1 Å². The topological polar surface area (TPSA) is 57.5 Å². The van der Waals surface area contributed by atoms with Crippen molar-refractivity contribution >= 4 is 75.6 Å². The van der Waals surface area contributed by atoms with E-state index in [9.17, 15) is 15.0 Å². The average Bonchev–Trinajstić information content (AvgIpc) is 2.48. The Morgan fingerprint density at radius 2 is 1.56 bits per heavy atom. The number of aliphatic hydroxyl groups excluding tert-OH is 1. The Morgan fingerprint density at radius 1 is 1.11 bits per heavy atom. The molecule has 0 radical (unpaired) electrons. The lowest BCUT2D eigenvalue weighted by Crippen LogP contribution is -2.45. The van der Waals surface area contributed by atoms with Gasteiger partial charge in [-0.15, -0.1) is 23.2 Å². The van der Waals surface area contributed by atoms with E-state index in [1.807, 2.05) is 0 Å². The lowest BCUT2D eigenvalue weighted by molar-refractivity contribution is -0.144. The molecule has 9 heteroatoms. The van der Waals surface area contributed by atoms with E-state index in [2.05, 4.69) is 0 Å². The van der Waals surface area contributed by atoms with Gasteiger partial charge in [-0.1, -0.05) is 46.4 Å². The second kappa shape index (κ2) is 4.20. The van der Waals surface area contributed by atoms with Crippen LogP contribution in [-0.4, -0.2) is 36.9 Å². The summed E-state index contributed by atoms with van der Waals surface area (Å²) in [6, 6.07) is 0. The third-order valence-corrected chi connectivity index (χ3v) is 7.85. The van der Waals surface area contributed by atoms with Gasteiger partial charge in [0.2, 0.25) is 0 Å². The third kappa shape index (κ3) is 1.32. The fourth-order valence-electron chi connectivity index (χ4n) is 2.67. The highest BCUT2D eigenvalue weighted by atomic mass is 35.5. The van der Waals surface area contributed by atoms with Crippen LogP contribution in [0.2, 0.25) is 0 Å². The molecule has 0 aromatic carbocycles. The molecule has 18 heavy (non-hydrogen) atoms. The van der Waals surface area contributed by atoms with Crippen LogP contribution in [0.25, 0.3) is 0 Å². The molecule has 0 amide bonds. The van der Waals surface area contributed by atoms with Crippen molar-refractivity contribution in [3.05, 3.63) is 10.1 Å². The van der Waals surface area contributed by atoms with Crippen LogP contribution in [0.15, 0.2) is 10.1 Å². The molecule has 2 aliphatic carbocycles. The number of halogens is 6. The fraction of sp³-hybridized carbons (Fsp3) is 0.667. The van der Waals surface area contributed by atoms with Crippen LogP contribution in [0.3, 0.4) is 0 Å². The molecule has 0 heterocycles. The number of carboxylic acids is 1. The molecule has 1 saturated carbocycles. The van der Waals surface area contributed by atoms with Crippen LogP contribution in [0, 0.1) is 11.8 Å². The highest BCUT2D eigenvalue weighted by molar-refractivity contribution is 6.66. The monoisotopic (exact) mass is 372 g/mol. The number of carbonyl (C=O) groups is 1. The van der Waals surface area contributed by atoms with Crippen molar-refractivity contribution in [3.63, 3.8) is 0 Å². The molecule has 0 aromatic rings. The molecule has 4 atom stereocenters. The summed E-state index contributed by atoms with van der Waals surface area (Å²) in [6.45, 7) is -0.587. The van der Waals surface area contributed by atoms with Crippen molar-refractivity contribution < 1.29 is 15.0 Å². The molecule has 0 spiro atoms. The average molecular weight is 375 g/mol. The normalized spacial score (nSPS) is 45.7. The summed E-state index contributed by atoms with van der Waals surface area (Å²) in [4.78, 5) is 7.76. The molecule has 2 N–H and O–H groups in total. The predicted octanol–water partition coefficient (Wildman–Crippen LogP) is 3.14. The van der Waals surface area contributed by atoms with Gasteiger partial charge in [-0.3, -0.25) is 4.79 Å². The maximum absolute atomic E-state index is 11.4. The van der Waals surface area contributed by atoms with Gasteiger partial charge in [0.05, 0.1) is 16.0 Å². The SMILES string of the molecule is O=C(O)C1C(CO)[C@]2(Cl)C(Cl)=C(Cl)[C@@]1(Cl)C2(Cl)Cl. The Balaban J connectivity index is 2.77. The van der Waals surface area contributed by atoms with Gasteiger partial charge in [0.15, 0.2) is 4.33 Å². The van der Waals surface area contributed by atoms with Crippen molar-refractivity contribution in [2.24, 2.45) is 11.8 Å². The predicted molar refractivity (Wildman–Crippen MR) is 72.0 cm³/mol. The summed E-state index contributed by atoms with van der Waals surface area (Å²) in [5, 5.41) is 18.3. The first-order valence-electron chi connectivity index (χ1n) is 4.74. The van der Waals surface area contributed by atoms with Gasteiger partial charge in [0.25, 0.3) is 0 Å². The highest BCUT2D eigenvalue weighted by Crippen LogP contribution is 2.76. The lowest BCUT2D eigenvalue weighted by Gasteiger charge is -2.33. The Morgan fingerprint density at radius 3 is 1.94 bits per heavy atom. The standard InChI is InChI=1S/C9H6Cl6O3/c10-4-5(11)8(13)3(6(17)18)2(1-16)7(4,12)9(8,14)15/h2-3,16H,1H2,(H,17,18)/t2?,3?,7-,8+/m0/s1. The zero-order valence-electron chi connectivity index (χ0n) is 8.43. The van der Waals surface area contributed by atoms with E-state index in [0.29, 0.717) is 0 Å². The summed E-state index contributed by atoms with van der Waals surface area (Å²) >= 11 is 36.7. The molecule has 2 bridgehead atoms. The molecule has 102 valence electrons. The summed E-state index contributed by atoms with van der Waals surface area (Å²) in [5.74, 6) is -3.69. The van der Waals surface area contributed by atoms with E-state index >= 15 is 0 Å². The fourth-order valence-corrected chi connectivity index (χ4v) is 5.67. The molecule has 0 saturated heterocycles.